The van der Waals surface area contributed by atoms with Gasteiger partial charge in [-0.3, -0.25) is 10.1 Å². The van der Waals surface area contributed by atoms with Crippen molar-refractivity contribution in [2.45, 2.75) is 0 Å². The van der Waals surface area contributed by atoms with E-state index in [0.717, 1.165) is 11.0 Å². The summed E-state index contributed by atoms with van der Waals surface area (Å²) < 4.78 is 7.03. The Morgan fingerprint density at radius 1 is 1.27 bits per heavy atom. The van der Waals surface area contributed by atoms with Crippen molar-refractivity contribution >= 4 is 28.3 Å². The normalized spacial score (nSPS) is 10.9. The van der Waals surface area contributed by atoms with Crippen LogP contribution in [0.2, 0.25) is 5.02 Å². The number of non-ortho nitro benzene ring substituents is 1. The van der Waals surface area contributed by atoms with E-state index in [-0.39, 0.29) is 5.69 Å². The number of halogens is 1. The molecule has 0 radical (unpaired) electrons. The summed E-state index contributed by atoms with van der Waals surface area (Å²) in [7, 11) is 3.43. The maximum atomic E-state index is 11.0. The minimum atomic E-state index is -0.453. The van der Waals surface area contributed by atoms with Gasteiger partial charge in [-0.15, -0.1) is 0 Å². The predicted octanol–water partition coefficient (Wildman–Crippen LogP) is 3.81. The van der Waals surface area contributed by atoms with Gasteiger partial charge in [-0.25, -0.2) is 4.98 Å². The molecule has 3 aromatic rings. The topological polar surface area (TPSA) is 70.2 Å². The Bertz CT molecular complexity index is 889. The lowest BCUT2D eigenvalue weighted by Crippen LogP contribution is -1.95. The van der Waals surface area contributed by atoms with Gasteiger partial charge in [0.05, 0.1) is 28.1 Å². The molecule has 0 fully saturated rings. The number of fused-ring (bicyclic) bond motifs is 1. The summed E-state index contributed by atoms with van der Waals surface area (Å²) >= 11 is 6.19. The molecular weight excluding hydrogens is 306 g/mol. The number of hydrogen-bond donors (Lipinski definition) is 0. The van der Waals surface area contributed by atoms with Crippen LogP contribution in [0, 0.1) is 10.1 Å². The van der Waals surface area contributed by atoms with E-state index >= 15 is 0 Å². The molecule has 7 heteroatoms. The first kappa shape index (κ1) is 14.3. The zero-order valence-electron chi connectivity index (χ0n) is 11.9. The second kappa shape index (κ2) is 5.31. The van der Waals surface area contributed by atoms with Crippen molar-refractivity contribution in [3.8, 4) is 17.1 Å². The Hall–Kier alpha value is -2.60. The molecule has 0 aliphatic heterocycles. The van der Waals surface area contributed by atoms with Crippen LogP contribution in [-0.2, 0) is 7.05 Å². The monoisotopic (exact) mass is 317 g/mol. The number of nitrogens with zero attached hydrogens (tertiary/aromatic N) is 3. The van der Waals surface area contributed by atoms with Crippen molar-refractivity contribution in [3.05, 3.63) is 51.5 Å². The summed E-state index contributed by atoms with van der Waals surface area (Å²) in [6.45, 7) is 0. The highest BCUT2D eigenvalue weighted by Gasteiger charge is 2.17. The van der Waals surface area contributed by atoms with E-state index in [1.807, 2.05) is 29.8 Å². The zero-order chi connectivity index (χ0) is 15.9. The third-order valence-electron chi connectivity index (χ3n) is 3.49. The Kier molecular flexibility index (Phi) is 3.46. The molecule has 0 aliphatic rings. The van der Waals surface area contributed by atoms with Gasteiger partial charge in [0.15, 0.2) is 0 Å². The molecule has 0 saturated heterocycles. The highest BCUT2D eigenvalue weighted by atomic mass is 35.5. The van der Waals surface area contributed by atoms with E-state index in [0.29, 0.717) is 22.2 Å². The van der Waals surface area contributed by atoms with E-state index in [9.17, 15) is 10.1 Å². The summed E-state index contributed by atoms with van der Waals surface area (Å²) in [5, 5.41) is 11.4. The van der Waals surface area contributed by atoms with Crippen LogP contribution in [0.4, 0.5) is 5.69 Å². The molecule has 1 heterocycles. The maximum Gasteiger partial charge on any atom is 0.270 e. The first-order chi connectivity index (χ1) is 10.5. The fourth-order valence-electron chi connectivity index (χ4n) is 2.35. The lowest BCUT2D eigenvalue weighted by molar-refractivity contribution is -0.384. The molecule has 6 nitrogen and oxygen atoms in total. The molecule has 112 valence electrons. The Morgan fingerprint density at radius 3 is 2.73 bits per heavy atom. The molecule has 0 aliphatic carbocycles. The molecule has 22 heavy (non-hydrogen) atoms. The predicted molar refractivity (Wildman–Crippen MR) is 84.4 cm³/mol. The van der Waals surface area contributed by atoms with Gasteiger partial charge in [0, 0.05) is 30.8 Å². The fourth-order valence-corrected chi connectivity index (χ4v) is 2.55. The van der Waals surface area contributed by atoms with Crippen molar-refractivity contribution < 1.29 is 9.66 Å². The molecule has 0 spiro atoms. The average Bonchev–Trinajstić information content (AvgIpc) is 2.83. The van der Waals surface area contributed by atoms with E-state index in [4.69, 9.17) is 16.3 Å². The minimum absolute atomic E-state index is 0.0240. The molecular formula is C15H12ClN3O3. The number of aromatic nitrogens is 2. The molecule has 2 aromatic carbocycles. The fraction of sp³-hybridized carbons (Fsp3) is 0.133. The Morgan fingerprint density at radius 2 is 2.05 bits per heavy atom. The summed E-state index contributed by atoms with van der Waals surface area (Å²) in [5.41, 5.74) is 2.12. The largest absolute Gasteiger partial charge is 0.497 e. The number of hydrogen-bond acceptors (Lipinski definition) is 4. The second-order valence-corrected chi connectivity index (χ2v) is 5.18. The number of benzene rings is 2. The van der Waals surface area contributed by atoms with Crippen LogP contribution in [-0.4, -0.2) is 21.6 Å². The maximum absolute atomic E-state index is 11.0. The van der Waals surface area contributed by atoms with Crippen LogP contribution in [0.15, 0.2) is 36.4 Å². The average molecular weight is 318 g/mol. The number of nitro benzene ring substituents is 1. The van der Waals surface area contributed by atoms with E-state index < -0.39 is 4.92 Å². The van der Waals surface area contributed by atoms with Gasteiger partial charge in [0.2, 0.25) is 0 Å². The Balaban J connectivity index is 2.24. The van der Waals surface area contributed by atoms with Crippen LogP contribution in [0.5, 0.6) is 5.75 Å². The summed E-state index contributed by atoms with van der Waals surface area (Å²) in [5.74, 6) is 1.26. The molecule has 0 atom stereocenters. The smallest absolute Gasteiger partial charge is 0.270 e. The standard InChI is InChI=1S/C15H12ClN3O3/c1-18-14-6-4-10(22-2)8-13(14)17-15(18)11-7-9(19(20)21)3-5-12(11)16/h3-8H,1-2H3. The summed E-state index contributed by atoms with van der Waals surface area (Å²) in [6.07, 6.45) is 0. The van der Waals surface area contributed by atoms with E-state index in [1.54, 1.807) is 7.11 Å². The number of methoxy groups -OCH3 is 1. The summed E-state index contributed by atoms with van der Waals surface area (Å²) in [4.78, 5) is 15.0. The molecule has 0 amide bonds. The van der Waals surface area contributed by atoms with Gasteiger partial charge in [-0.05, 0) is 18.2 Å². The SMILES string of the molecule is COc1ccc2c(c1)nc(-c1cc([N+](=O)[O-])ccc1Cl)n2C. The second-order valence-electron chi connectivity index (χ2n) is 4.77. The van der Waals surface area contributed by atoms with Gasteiger partial charge in [0.25, 0.3) is 5.69 Å². The van der Waals surface area contributed by atoms with Gasteiger partial charge in [-0.2, -0.15) is 0 Å². The van der Waals surface area contributed by atoms with Crippen LogP contribution >= 0.6 is 11.6 Å². The molecule has 0 unspecified atom stereocenters. The first-order valence-electron chi connectivity index (χ1n) is 6.46. The highest BCUT2D eigenvalue weighted by Crippen LogP contribution is 2.33. The van der Waals surface area contributed by atoms with Crippen molar-refractivity contribution in [1.82, 2.24) is 9.55 Å². The zero-order valence-corrected chi connectivity index (χ0v) is 12.7. The molecule has 0 bridgehead atoms. The Labute approximate surface area is 131 Å². The number of ether oxygens (including phenoxy) is 1. The first-order valence-corrected chi connectivity index (χ1v) is 6.84. The summed E-state index contributed by atoms with van der Waals surface area (Å²) in [6, 6.07) is 9.84. The number of nitro groups is 1. The van der Waals surface area contributed by atoms with Crippen molar-refractivity contribution in [3.63, 3.8) is 0 Å². The van der Waals surface area contributed by atoms with Crippen LogP contribution < -0.4 is 4.74 Å². The highest BCUT2D eigenvalue weighted by molar-refractivity contribution is 6.33. The van der Waals surface area contributed by atoms with E-state index in [2.05, 4.69) is 4.98 Å². The minimum Gasteiger partial charge on any atom is -0.497 e. The van der Waals surface area contributed by atoms with Gasteiger partial charge in [0.1, 0.15) is 11.6 Å². The van der Waals surface area contributed by atoms with Crippen molar-refractivity contribution in [2.75, 3.05) is 7.11 Å². The van der Waals surface area contributed by atoms with Crippen LogP contribution in [0.1, 0.15) is 0 Å². The number of imidazole rings is 1. The van der Waals surface area contributed by atoms with Gasteiger partial charge in [-0.1, -0.05) is 11.6 Å². The van der Waals surface area contributed by atoms with E-state index in [1.165, 1.54) is 18.2 Å². The van der Waals surface area contributed by atoms with Crippen LogP contribution in [0.3, 0.4) is 0 Å². The van der Waals surface area contributed by atoms with Gasteiger partial charge < -0.3 is 9.30 Å². The quantitative estimate of drug-likeness (QED) is 0.544. The van der Waals surface area contributed by atoms with Gasteiger partial charge >= 0.3 is 0 Å². The number of rotatable bonds is 3. The number of aryl methyl sites for hydroxylation is 1. The molecule has 1 aromatic heterocycles. The van der Waals surface area contributed by atoms with Crippen molar-refractivity contribution in [2.24, 2.45) is 7.05 Å². The van der Waals surface area contributed by atoms with Crippen LogP contribution in [0.25, 0.3) is 22.4 Å². The third kappa shape index (κ3) is 2.27. The molecule has 3 rings (SSSR count). The lowest BCUT2D eigenvalue weighted by Gasteiger charge is -2.05. The molecule has 0 saturated carbocycles. The third-order valence-corrected chi connectivity index (χ3v) is 3.82. The van der Waals surface area contributed by atoms with Crippen molar-refractivity contribution in [1.29, 1.82) is 0 Å². The molecule has 0 N–H and O–H groups in total. The lowest BCUT2D eigenvalue weighted by atomic mass is 10.2.